The Balaban J connectivity index is 1.84. The van der Waals surface area contributed by atoms with Crippen molar-refractivity contribution in [3.63, 3.8) is 0 Å². The van der Waals surface area contributed by atoms with E-state index < -0.39 is 0 Å². The van der Waals surface area contributed by atoms with Crippen LogP contribution in [0.15, 0.2) is 5.11 Å². The molecular formula is C32H56N8O7. The zero-order valence-corrected chi connectivity index (χ0v) is 28.3. The molecule has 0 aromatic rings. The van der Waals surface area contributed by atoms with Crippen LogP contribution in [-0.4, -0.2) is 154 Å². The van der Waals surface area contributed by atoms with Gasteiger partial charge in [0.1, 0.15) is 12.2 Å². The van der Waals surface area contributed by atoms with E-state index in [1.54, 1.807) is 0 Å². The molecule has 15 heteroatoms. The molecule has 6 aliphatic rings. The summed E-state index contributed by atoms with van der Waals surface area (Å²) < 4.78 is 17.1. The number of hydrogen-bond acceptors (Lipinski definition) is 12. The van der Waals surface area contributed by atoms with Crippen LogP contribution in [0.3, 0.4) is 0 Å². The van der Waals surface area contributed by atoms with Crippen LogP contribution in [0.1, 0.15) is 70.6 Å². The highest BCUT2D eigenvalue weighted by Crippen LogP contribution is 2.21. The van der Waals surface area contributed by atoms with E-state index in [-0.39, 0.29) is 62.2 Å². The highest BCUT2D eigenvalue weighted by Gasteiger charge is 2.25. The van der Waals surface area contributed by atoms with Gasteiger partial charge in [0, 0.05) is 70.4 Å². The Morgan fingerprint density at radius 1 is 0.787 bits per heavy atom. The van der Waals surface area contributed by atoms with E-state index in [1.165, 1.54) is 7.11 Å². The van der Waals surface area contributed by atoms with Gasteiger partial charge >= 0.3 is 17.9 Å². The Bertz CT molecular complexity index is 965. The van der Waals surface area contributed by atoms with Crippen molar-refractivity contribution in [1.29, 1.82) is 0 Å². The SMILES string of the molecule is COC(=O)CN1CCN2CCN(CC(=O)NCCCN=[N+]=[N-])CCN(CC1)CC(=O)OC1CCCCCC(CCCCC1)OC(=O)C2. The lowest BCUT2D eigenvalue weighted by Gasteiger charge is -2.33. The van der Waals surface area contributed by atoms with Crippen LogP contribution in [0.4, 0.5) is 0 Å². The number of nitrogens with zero attached hydrogens (tertiary/aromatic N) is 7. The van der Waals surface area contributed by atoms with Crippen molar-refractivity contribution in [3.05, 3.63) is 10.4 Å². The predicted octanol–water partition coefficient (Wildman–Crippen LogP) is 1.95. The fraction of sp³-hybridized carbons (Fsp3) is 0.875. The van der Waals surface area contributed by atoms with Gasteiger partial charge in [0.05, 0.1) is 33.3 Å². The normalized spacial score (nSPS) is 26.8. The minimum atomic E-state index is -0.347. The first-order valence-corrected chi connectivity index (χ1v) is 17.5. The van der Waals surface area contributed by atoms with Crippen molar-refractivity contribution in [2.45, 2.75) is 82.8 Å². The van der Waals surface area contributed by atoms with Gasteiger partial charge in [-0.1, -0.05) is 18.0 Å². The number of ether oxygens (including phenoxy) is 3. The van der Waals surface area contributed by atoms with Gasteiger partial charge in [0.2, 0.25) is 5.91 Å². The molecule has 5 aliphatic heterocycles. The first-order chi connectivity index (χ1) is 22.8. The molecule has 1 N–H and O–H groups in total. The predicted molar refractivity (Wildman–Crippen MR) is 175 cm³/mol. The number of carbonyl (C=O) groups excluding carboxylic acids is 4. The van der Waals surface area contributed by atoms with Gasteiger partial charge in [0.25, 0.3) is 0 Å². The average molecular weight is 665 g/mol. The standard InChI is InChI=1S/C32H56N8O7/c1-45-30(42)24-38-19-21-39-17-15-37(23-29(41)34-13-8-14-35-36-33)16-18-40(22-20-38)26-32(44)47-28-10-5-2-4-9-27(46-31(43)25-39)11-6-3-7-12-28/h27-28H,2-26H2,1H3,(H,34,41). The van der Waals surface area contributed by atoms with Crippen LogP contribution in [-0.2, 0) is 33.4 Å². The van der Waals surface area contributed by atoms with Crippen molar-refractivity contribution in [3.8, 4) is 0 Å². The lowest BCUT2D eigenvalue weighted by Crippen LogP contribution is -2.50. The van der Waals surface area contributed by atoms with E-state index in [9.17, 15) is 19.2 Å². The van der Waals surface area contributed by atoms with Crippen molar-refractivity contribution < 1.29 is 33.4 Å². The summed E-state index contributed by atoms with van der Waals surface area (Å²) in [6.45, 7) is 5.32. The third-order valence-corrected chi connectivity index (χ3v) is 9.10. The van der Waals surface area contributed by atoms with Gasteiger partial charge in [-0.05, 0) is 63.3 Å². The highest BCUT2D eigenvalue weighted by molar-refractivity contribution is 5.78. The number of carbonyl (C=O) groups is 4. The summed E-state index contributed by atoms with van der Waals surface area (Å²) in [6.07, 6.45) is 9.46. The minimum Gasteiger partial charge on any atom is -0.468 e. The minimum absolute atomic E-state index is 0.100. The van der Waals surface area contributed by atoms with Gasteiger partial charge in [-0.25, -0.2) is 0 Å². The van der Waals surface area contributed by atoms with E-state index >= 15 is 0 Å². The molecule has 15 nitrogen and oxygen atoms in total. The fourth-order valence-electron chi connectivity index (χ4n) is 6.32. The number of hydrogen-bond donors (Lipinski definition) is 1. The molecule has 0 radical (unpaired) electrons. The highest BCUT2D eigenvalue weighted by atomic mass is 16.5. The van der Waals surface area contributed by atoms with Crippen molar-refractivity contribution in [1.82, 2.24) is 24.9 Å². The summed E-state index contributed by atoms with van der Waals surface area (Å²) >= 11 is 0. The summed E-state index contributed by atoms with van der Waals surface area (Å²) in [5.41, 5.74) is 8.48. The molecule has 5 saturated heterocycles. The Hall–Kier alpha value is -2.97. The van der Waals surface area contributed by atoms with Gasteiger partial charge in [0.15, 0.2) is 0 Å². The second kappa shape index (κ2) is 22.6. The number of azide groups is 1. The van der Waals surface area contributed by atoms with Crippen molar-refractivity contribution in [2.24, 2.45) is 5.11 Å². The lowest BCUT2D eigenvalue weighted by molar-refractivity contribution is -0.152. The monoisotopic (exact) mass is 664 g/mol. The molecule has 6 rings (SSSR count). The molecule has 266 valence electrons. The smallest absolute Gasteiger partial charge is 0.320 e. The maximum Gasteiger partial charge on any atom is 0.320 e. The van der Waals surface area contributed by atoms with Crippen LogP contribution < -0.4 is 5.32 Å². The second-order valence-corrected chi connectivity index (χ2v) is 12.8. The summed E-state index contributed by atoms with van der Waals surface area (Å²) in [5, 5.41) is 6.40. The summed E-state index contributed by atoms with van der Waals surface area (Å²) in [7, 11) is 1.37. The molecule has 1 amide bonds. The van der Waals surface area contributed by atoms with Crippen molar-refractivity contribution in [2.75, 3.05) is 98.7 Å². The Morgan fingerprint density at radius 2 is 1.26 bits per heavy atom. The zero-order chi connectivity index (χ0) is 33.7. The maximum absolute atomic E-state index is 13.3. The quantitative estimate of drug-likeness (QED) is 0.101. The molecule has 0 aromatic heterocycles. The van der Waals surface area contributed by atoms with E-state index in [0.717, 1.165) is 64.2 Å². The van der Waals surface area contributed by atoms with E-state index in [1.807, 2.05) is 19.6 Å². The molecular weight excluding hydrogens is 608 g/mol. The van der Waals surface area contributed by atoms with Gasteiger partial charge < -0.3 is 19.5 Å². The first kappa shape index (κ1) is 38.5. The van der Waals surface area contributed by atoms with Gasteiger partial charge in [-0.3, -0.25) is 38.8 Å². The summed E-state index contributed by atoms with van der Waals surface area (Å²) in [5.74, 6) is -0.981. The molecule has 47 heavy (non-hydrogen) atoms. The molecule has 4 bridgehead atoms. The Kier molecular flexibility index (Phi) is 18.5. The van der Waals surface area contributed by atoms with Crippen LogP contribution in [0.25, 0.3) is 10.4 Å². The number of rotatable bonds is 8. The third kappa shape index (κ3) is 16.6. The molecule has 1 saturated carbocycles. The number of amides is 1. The number of esters is 3. The number of nitrogens with one attached hydrogen (secondary N) is 1. The summed E-state index contributed by atoms with van der Waals surface area (Å²) in [6, 6.07) is 0. The van der Waals surface area contributed by atoms with E-state index in [4.69, 9.17) is 19.7 Å². The largest absolute Gasteiger partial charge is 0.468 e. The van der Waals surface area contributed by atoms with Crippen LogP contribution in [0.5, 0.6) is 0 Å². The van der Waals surface area contributed by atoms with Gasteiger partial charge in [-0.2, -0.15) is 0 Å². The molecule has 0 aromatic carbocycles. The Labute approximate surface area is 279 Å². The molecule has 2 atom stereocenters. The van der Waals surface area contributed by atoms with Crippen LogP contribution in [0.2, 0.25) is 0 Å². The van der Waals surface area contributed by atoms with Crippen LogP contribution in [0, 0.1) is 0 Å². The molecule has 2 unspecified atom stereocenters. The second-order valence-electron chi connectivity index (χ2n) is 12.8. The first-order valence-electron chi connectivity index (χ1n) is 17.5. The van der Waals surface area contributed by atoms with Crippen LogP contribution >= 0.6 is 0 Å². The maximum atomic E-state index is 13.3. The number of methoxy groups -OCH3 is 1. The zero-order valence-electron chi connectivity index (χ0n) is 28.3. The van der Waals surface area contributed by atoms with E-state index in [0.29, 0.717) is 71.9 Å². The van der Waals surface area contributed by atoms with Gasteiger partial charge in [-0.15, -0.1) is 0 Å². The molecule has 1 aliphatic carbocycles. The lowest BCUT2D eigenvalue weighted by atomic mass is 9.98. The molecule has 5 heterocycles. The van der Waals surface area contributed by atoms with Crippen molar-refractivity contribution >= 4 is 23.8 Å². The Morgan fingerprint density at radius 3 is 1.70 bits per heavy atom. The van der Waals surface area contributed by atoms with E-state index in [2.05, 4.69) is 15.3 Å². The molecule has 6 fully saturated rings. The average Bonchev–Trinajstić information content (AvgIpc) is 3.03. The summed E-state index contributed by atoms with van der Waals surface area (Å²) in [4.78, 5) is 62.7. The topological polar surface area (TPSA) is 170 Å². The molecule has 0 spiro atoms. The third-order valence-electron chi connectivity index (χ3n) is 9.10. The fourth-order valence-corrected chi connectivity index (χ4v) is 6.32.